The summed E-state index contributed by atoms with van der Waals surface area (Å²) in [5, 5.41) is 13.7. The van der Waals surface area contributed by atoms with Gasteiger partial charge in [0.05, 0.1) is 18.3 Å². The summed E-state index contributed by atoms with van der Waals surface area (Å²) in [5.41, 5.74) is 0.417. The number of hydrogen-bond acceptors (Lipinski definition) is 7. The Kier molecular flexibility index (Phi) is 6.84. The molecule has 2 aliphatic rings. The normalized spacial score (nSPS) is 20.8. The van der Waals surface area contributed by atoms with E-state index >= 15 is 0 Å². The highest BCUT2D eigenvalue weighted by Gasteiger charge is 2.46. The van der Waals surface area contributed by atoms with Gasteiger partial charge in [-0.1, -0.05) is 13.3 Å². The first-order valence-corrected chi connectivity index (χ1v) is 12.6. The second kappa shape index (κ2) is 10.1. The molecule has 2 aliphatic carbocycles. The molecule has 0 unspecified atom stereocenters. The van der Waals surface area contributed by atoms with Crippen LogP contribution in [0, 0.1) is 0 Å². The van der Waals surface area contributed by atoms with Gasteiger partial charge in [-0.05, 0) is 31.4 Å². The first-order valence-electron chi connectivity index (χ1n) is 12.6. The van der Waals surface area contributed by atoms with Gasteiger partial charge in [0.1, 0.15) is 22.9 Å². The van der Waals surface area contributed by atoms with E-state index in [2.05, 4.69) is 33.0 Å². The zero-order valence-corrected chi connectivity index (χ0v) is 20.8. The zero-order valence-electron chi connectivity index (χ0n) is 20.8. The highest BCUT2D eigenvalue weighted by atomic mass is 19.3. The Hall–Kier alpha value is -3.54. The Morgan fingerprint density at radius 2 is 2.11 bits per heavy atom. The number of fused-ring (bicyclic) bond motifs is 1. The number of aromatic nitrogens is 4. The van der Waals surface area contributed by atoms with Crippen molar-refractivity contribution in [2.45, 2.75) is 69.6 Å². The van der Waals surface area contributed by atoms with E-state index in [0.717, 1.165) is 25.7 Å². The van der Waals surface area contributed by atoms with Gasteiger partial charge in [0.2, 0.25) is 0 Å². The van der Waals surface area contributed by atoms with Gasteiger partial charge < -0.3 is 25.3 Å². The van der Waals surface area contributed by atoms with Crippen molar-refractivity contribution in [3.63, 3.8) is 0 Å². The van der Waals surface area contributed by atoms with E-state index in [4.69, 9.17) is 4.74 Å². The Morgan fingerprint density at radius 1 is 1.30 bits per heavy atom. The van der Waals surface area contributed by atoms with Crippen LogP contribution in [0.25, 0.3) is 5.65 Å². The van der Waals surface area contributed by atoms with Crippen LogP contribution in [-0.2, 0) is 4.74 Å². The molecule has 12 heteroatoms. The van der Waals surface area contributed by atoms with Gasteiger partial charge in [-0.25, -0.2) is 13.8 Å². The van der Waals surface area contributed by atoms with Crippen molar-refractivity contribution in [2.24, 2.45) is 0 Å². The van der Waals surface area contributed by atoms with Gasteiger partial charge in [0.15, 0.2) is 5.65 Å². The maximum absolute atomic E-state index is 13.4. The average molecular weight is 516 g/mol. The lowest BCUT2D eigenvalue weighted by atomic mass is 9.88. The van der Waals surface area contributed by atoms with E-state index in [0.29, 0.717) is 29.4 Å². The van der Waals surface area contributed by atoms with Crippen LogP contribution in [0.4, 0.5) is 26.1 Å². The molecule has 198 valence electrons. The molecule has 0 saturated heterocycles. The maximum atomic E-state index is 13.4. The molecule has 3 heterocycles. The van der Waals surface area contributed by atoms with Crippen LogP contribution in [0.2, 0.25) is 0 Å². The number of pyridine rings is 1. The molecule has 0 spiro atoms. The predicted molar refractivity (Wildman–Crippen MR) is 135 cm³/mol. The van der Waals surface area contributed by atoms with Crippen molar-refractivity contribution < 1.29 is 18.3 Å². The number of methoxy groups -OCH3 is 1. The number of carbonyl (C=O) groups is 1. The van der Waals surface area contributed by atoms with Crippen LogP contribution in [0.15, 0.2) is 35.4 Å². The molecule has 0 aliphatic heterocycles. The van der Waals surface area contributed by atoms with E-state index in [1.165, 1.54) is 17.0 Å². The molecule has 2 atom stereocenters. The number of alkyl halides is 2. The third-order valence-electron chi connectivity index (χ3n) is 7.08. The fraction of sp³-hybridized carbons (Fsp3) is 0.520. The Morgan fingerprint density at radius 3 is 2.78 bits per heavy atom. The molecule has 0 aromatic carbocycles. The summed E-state index contributed by atoms with van der Waals surface area (Å²) in [7, 11) is 1.63. The average Bonchev–Trinajstić information content (AvgIpc) is 3.26. The number of hydrogen-bond donors (Lipinski definition) is 3. The second-order valence-electron chi connectivity index (χ2n) is 9.71. The fourth-order valence-electron chi connectivity index (χ4n) is 4.73. The number of amides is 1. The van der Waals surface area contributed by atoms with E-state index in [1.807, 2.05) is 0 Å². The van der Waals surface area contributed by atoms with Crippen LogP contribution in [0.1, 0.15) is 61.8 Å². The third kappa shape index (κ3) is 5.02. The molecule has 37 heavy (non-hydrogen) atoms. The number of carbonyl (C=O) groups excluding carboxylic acids is 1. The summed E-state index contributed by atoms with van der Waals surface area (Å²) in [5.74, 6) is -2.11. The standard InChI is InChI=1S/C25H31F2N7O3/c1-3-4-9-28-21-11-20(30-18-6-5-10-33(24(18)36)15-12-25(26,27)13-15)32-22-16(14-29-34(21)22)23(35)31-17-7-8-19(17)37-2/h5-6,10-11,14-15,17,19,28H,3-4,7-9,12-13H2,1-2H3,(H,30,32)(H,31,35)/t17-,19-/m0/s1. The summed E-state index contributed by atoms with van der Waals surface area (Å²) >= 11 is 0. The molecule has 3 N–H and O–H groups in total. The molecule has 10 nitrogen and oxygen atoms in total. The lowest BCUT2D eigenvalue weighted by Crippen LogP contribution is -2.51. The van der Waals surface area contributed by atoms with Crippen molar-refractivity contribution in [1.82, 2.24) is 24.5 Å². The van der Waals surface area contributed by atoms with Crippen LogP contribution in [-0.4, -0.2) is 56.8 Å². The molecule has 0 radical (unpaired) electrons. The van der Waals surface area contributed by atoms with Crippen LogP contribution in [0.5, 0.6) is 0 Å². The van der Waals surface area contributed by atoms with E-state index in [1.54, 1.807) is 29.8 Å². The highest BCUT2D eigenvalue weighted by molar-refractivity contribution is 6.00. The Bertz CT molecular complexity index is 1350. The molecule has 2 fully saturated rings. The predicted octanol–water partition coefficient (Wildman–Crippen LogP) is 3.72. The summed E-state index contributed by atoms with van der Waals surface area (Å²) in [4.78, 5) is 30.7. The molecule has 5 rings (SSSR count). The van der Waals surface area contributed by atoms with Crippen molar-refractivity contribution in [3.05, 3.63) is 46.5 Å². The smallest absolute Gasteiger partial charge is 0.274 e. The van der Waals surface area contributed by atoms with Gasteiger partial charge in [0.25, 0.3) is 17.4 Å². The highest BCUT2D eigenvalue weighted by Crippen LogP contribution is 2.44. The van der Waals surface area contributed by atoms with Crippen molar-refractivity contribution >= 4 is 28.9 Å². The van der Waals surface area contributed by atoms with E-state index in [9.17, 15) is 18.4 Å². The number of anilines is 3. The first kappa shape index (κ1) is 25.1. The maximum Gasteiger partial charge on any atom is 0.274 e. The van der Waals surface area contributed by atoms with Crippen LogP contribution in [0.3, 0.4) is 0 Å². The van der Waals surface area contributed by atoms with E-state index < -0.39 is 17.5 Å². The molecular formula is C25H31F2N7O3. The third-order valence-corrected chi connectivity index (χ3v) is 7.08. The lowest BCUT2D eigenvalue weighted by Gasteiger charge is -2.36. The minimum absolute atomic E-state index is 0.0156. The van der Waals surface area contributed by atoms with Gasteiger partial charge in [-0.3, -0.25) is 9.59 Å². The second-order valence-corrected chi connectivity index (χ2v) is 9.71. The van der Waals surface area contributed by atoms with Gasteiger partial charge in [-0.2, -0.15) is 9.61 Å². The SMILES string of the molecule is CCCCNc1cc(Nc2cccn(C3CC(F)(F)C3)c2=O)nc2c(C(=O)N[C@H]3CC[C@@H]3OC)cnn12. The number of ether oxygens (including phenoxy) is 1. The molecule has 3 aromatic heterocycles. The minimum atomic E-state index is -2.74. The number of unbranched alkanes of at least 4 members (excludes halogenated alkanes) is 1. The molecule has 1 amide bonds. The summed E-state index contributed by atoms with van der Waals surface area (Å²) < 4.78 is 35.1. The van der Waals surface area contributed by atoms with Crippen molar-refractivity contribution in [2.75, 3.05) is 24.3 Å². The lowest BCUT2D eigenvalue weighted by molar-refractivity contribution is -0.104. The quantitative estimate of drug-likeness (QED) is 0.353. The van der Waals surface area contributed by atoms with E-state index in [-0.39, 0.29) is 36.6 Å². The Balaban J connectivity index is 1.45. The largest absolute Gasteiger partial charge is 0.379 e. The minimum Gasteiger partial charge on any atom is -0.379 e. The Labute approximate surface area is 212 Å². The number of nitrogens with zero attached hydrogens (tertiary/aromatic N) is 4. The summed E-state index contributed by atoms with van der Waals surface area (Å²) in [6, 6.07) is 4.31. The summed E-state index contributed by atoms with van der Waals surface area (Å²) in [6.45, 7) is 2.77. The molecular weight excluding hydrogens is 484 g/mol. The van der Waals surface area contributed by atoms with Crippen molar-refractivity contribution in [3.8, 4) is 0 Å². The van der Waals surface area contributed by atoms with Crippen LogP contribution < -0.4 is 21.5 Å². The topological polar surface area (TPSA) is 115 Å². The monoisotopic (exact) mass is 515 g/mol. The van der Waals surface area contributed by atoms with Gasteiger partial charge in [0, 0.05) is 44.8 Å². The number of nitrogens with one attached hydrogen (secondary N) is 3. The van der Waals surface area contributed by atoms with Crippen molar-refractivity contribution in [1.29, 1.82) is 0 Å². The number of rotatable bonds is 10. The summed E-state index contributed by atoms with van der Waals surface area (Å²) in [6.07, 6.45) is 5.91. The molecule has 0 bridgehead atoms. The molecule has 3 aromatic rings. The van der Waals surface area contributed by atoms with Gasteiger partial charge >= 0.3 is 0 Å². The first-order chi connectivity index (χ1) is 17.8. The van der Waals surface area contributed by atoms with Crippen LogP contribution >= 0.6 is 0 Å². The number of halogens is 2. The fourth-order valence-corrected chi connectivity index (χ4v) is 4.73. The zero-order chi connectivity index (χ0) is 26.2. The molecule has 2 saturated carbocycles. The van der Waals surface area contributed by atoms with Gasteiger partial charge in [-0.15, -0.1) is 0 Å².